The summed E-state index contributed by atoms with van der Waals surface area (Å²) in [5, 5.41) is 0. The number of urea groups is 1. The number of benzene rings is 1. The van der Waals surface area contributed by atoms with Crippen molar-refractivity contribution in [3.63, 3.8) is 0 Å². The average Bonchev–Trinajstić information content (AvgIpc) is 2.79. The number of nitrogens with zero attached hydrogens (tertiary/aromatic N) is 1. The average molecular weight is 234 g/mol. The van der Waals surface area contributed by atoms with Gasteiger partial charge in [0.2, 0.25) is 0 Å². The van der Waals surface area contributed by atoms with E-state index in [-0.39, 0.29) is 12.1 Å². The lowest BCUT2D eigenvalue weighted by Gasteiger charge is -2.22. The first-order chi connectivity index (χ1) is 8.27. The van der Waals surface area contributed by atoms with Crippen LogP contribution in [0.2, 0.25) is 0 Å². The number of ether oxygens (including phenoxy) is 1. The summed E-state index contributed by atoms with van der Waals surface area (Å²) in [6.45, 7) is 1.91. The maximum Gasteiger partial charge on any atom is 0.315 e. The van der Waals surface area contributed by atoms with Crippen molar-refractivity contribution < 1.29 is 9.53 Å². The first-order valence-corrected chi connectivity index (χ1v) is 5.95. The van der Waals surface area contributed by atoms with Crippen LogP contribution in [0.4, 0.5) is 4.79 Å². The van der Waals surface area contributed by atoms with Crippen LogP contribution in [0.5, 0.6) is 0 Å². The molecule has 2 amide bonds. The molecule has 0 aromatic heterocycles. The van der Waals surface area contributed by atoms with E-state index in [4.69, 9.17) is 10.5 Å². The second kappa shape index (κ2) is 5.68. The van der Waals surface area contributed by atoms with Gasteiger partial charge < -0.3 is 15.4 Å². The van der Waals surface area contributed by atoms with Crippen LogP contribution in [-0.2, 0) is 11.3 Å². The minimum absolute atomic E-state index is 0.149. The smallest absolute Gasteiger partial charge is 0.315 e. The van der Waals surface area contributed by atoms with E-state index in [0.29, 0.717) is 13.2 Å². The van der Waals surface area contributed by atoms with Crippen LogP contribution in [0.3, 0.4) is 0 Å². The zero-order valence-electron chi connectivity index (χ0n) is 9.84. The van der Waals surface area contributed by atoms with Gasteiger partial charge in [-0.2, -0.15) is 0 Å². The highest BCUT2D eigenvalue weighted by atomic mass is 16.5. The summed E-state index contributed by atoms with van der Waals surface area (Å²) in [4.78, 5) is 12.8. The fourth-order valence-electron chi connectivity index (χ4n) is 2.19. The van der Waals surface area contributed by atoms with E-state index in [0.717, 1.165) is 24.9 Å². The van der Waals surface area contributed by atoms with Crippen LogP contribution in [-0.4, -0.2) is 30.1 Å². The van der Waals surface area contributed by atoms with Gasteiger partial charge in [-0.25, -0.2) is 4.79 Å². The molecule has 0 saturated carbocycles. The zero-order valence-corrected chi connectivity index (χ0v) is 9.84. The van der Waals surface area contributed by atoms with Gasteiger partial charge in [0.05, 0.1) is 19.3 Å². The highest BCUT2D eigenvalue weighted by Crippen LogP contribution is 2.17. The van der Waals surface area contributed by atoms with E-state index in [1.807, 2.05) is 30.3 Å². The number of primary amides is 1. The first kappa shape index (κ1) is 11.9. The number of nitrogens with two attached hydrogens (primary N) is 1. The third kappa shape index (κ3) is 3.20. The van der Waals surface area contributed by atoms with Gasteiger partial charge in [0, 0.05) is 6.54 Å². The molecule has 1 heterocycles. The summed E-state index contributed by atoms with van der Waals surface area (Å²) in [5.74, 6) is 0. The number of amides is 2. The van der Waals surface area contributed by atoms with Gasteiger partial charge >= 0.3 is 6.03 Å². The van der Waals surface area contributed by atoms with Crippen LogP contribution >= 0.6 is 0 Å². The van der Waals surface area contributed by atoms with E-state index < -0.39 is 0 Å². The molecule has 4 heteroatoms. The molecule has 1 saturated heterocycles. The van der Waals surface area contributed by atoms with Gasteiger partial charge in [-0.1, -0.05) is 30.3 Å². The lowest BCUT2D eigenvalue weighted by Crippen LogP contribution is -2.41. The Hall–Kier alpha value is -1.55. The summed E-state index contributed by atoms with van der Waals surface area (Å²) >= 11 is 0. The first-order valence-electron chi connectivity index (χ1n) is 5.95. The molecule has 4 nitrogen and oxygen atoms in total. The fraction of sp³-hybridized carbons (Fsp3) is 0.462. The largest absolute Gasteiger partial charge is 0.375 e. The molecule has 1 aliphatic rings. The molecule has 1 aromatic rings. The van der Waals surface area contributed by atoms with Crippen LogP contribution in [0, 0.1) is 0 Å². The quantitative estimate of drug-likeness (QED) is 0.862. The molecule has 1 fully saturated rings. The van der Waals surface area contributed by atoms with Crippen molar-refractivity contribution in [1.82, 2.24) is 4.90 Å². The van der Waals surface area contributed by atoms with Crippen molar-refractivity contribution in [2.75, 3.05) is 13.2 Å². The van der Waals surface area contributed by atoms with Gasteiger partial charge in [-0.3, -0.25) is 0 Å². The van der Waals surface area contributed by atoms with Gasteiger partial charge in [0.1, 0.15) is 0 Å². The van der Waals surface area contributed by atoms with Crippen molar-refractivity contribution in [2.45, 2.75) is 25.5 Å². The number of rotatable bonds is 4. The van der Waals surface area contributed by atoms with Gasteiger partial charge in [-0.05, 0) is 18.4 Å². The number of carbonyl (C=O) groups is 1. The molecule has 17 heavy (non-hydrogen) atoms. The third-order valence-corrected chi connectivity index (χ3v) is 3.08. The Balaban J connectivity index is 1.77. The summed E-state index contributed by atoms with van der Waals surface area (Å²) in [6, 6.07) is 9.83. The number of likely N-dealkylation sites (tertiary alicyclic amines) is 1. The van der Waals surface area contributed by atoms with Gasteiger partial charge in [0.15, 0.2) is 0 Å². The van der Waals surface area contributed by atoms with Gasteiger partial charge in [0.25, 0.3) is 0 Å². The number of hydrogen-bond acceptors (Lipinski definition) is 2. The summed E-state index contributed by atoms with van der Waals surface area (Å²) in [5.41, 5.74) is 6.45. The molecule has 0 spiro atoms. The molecular weight excluding hydrogens is 216 g/mol. The highest BCUT2D eigenvalue weighted by molar-refractivity contribution is 5.72. The third-order valence-electron chi connectivity index (χ3n) is 3.08. The number of hydrogen-bond donors (Lipinski definition) is 1. The lowest BCUT2D eigenvalue weighted by atomic mass is 10.2. The van der Waals surface area contributed by atoms with Gasteiger partial charge in [-0.15, -0.1) is 0 Å². The van der Waals surface area contributed by atoms with Crippen LogP contribution in [0.15, 0.2) is 30.3 Å². The minimum Gasteiger partial charge on any atom is -0.375 e. The Kier molecular flexibility index (Phi) is 3.98. The van der Waals surface area contributed by atoms with Crippen molar-refractivity contribution in [3.8, 4) is 0 Å². The second-order valence-corrected chi connectivity index (χ2v) is 4.33. The Bertz CT molecular complexity index is 367. The fourth-order valence-corrected chi connectivity index (χ4v) is 2.19. The Morgan fingerprint density at radius 1 is 1.41 bits per heavy atom. The lowest BCUT2D eigenvalue weighted by molar-refractivity contribution is 0.0769. The van der Waals surface area contributed by atoms with Crippen LogP contribution in [0.1, 0.15) is 18.4 Å². The number of carbonyl (C=O) groups excluding carboxylic acids is 1. The normalized spacial score (nSPS) is 19.5. The van der Waals surface area contributed by atoms with Crippen molar-refractivity contribution in [3.05, 3.63) is 35.9 Å². The molecule has 1 atom stereocenters. The monoisotopic (exact) mass is 234 g/mol. The molecule has 1 unspecified atom stereocenters. The Labute approximate surface area is 101 Å². The maximum absolute atomic E-state index is 11.1. The standard InChI is InChI=1S/C13H18N2O2/c14-13(16)15-8-4-7-12(15)10-17-9-11-5-2-1-3-6-11/h1-3,5-6,12H,4,7-10H2,(H2,14,16). The Morgan fingerprint density at radius 2 is 2.18 bits per heavy atom. The van der Waals surface area contributed by atoms with Crippen LogP contribution in [0.25, 0.3) is 0 Å². The SMILES string of the molecule is NC(=O)N1CCCC1COCc1ccccc1. The van der Waals surface area contributed by atoms with E-state index in [2.05, 4.69) is 0 Å². The molecular formula is C13H18N2O2. The van der Waals surface area contributed by atoms with E-state index in [1.165, 1.54) is 0 Å². The van der Waals surface area contributed by atoms with Crippen molar-refractivity contribution >= 4 is 6.03 Å². The molecule has 2 N–H and O–H groups in total. The second-order valence-electron chi connectivity index (χ2n) is 4.33. The minimum atomic E-state index is -0.337. The predicted molar refractivity (Wildman–Crippen MR) is 65.4 cm³/mol. The molecule has 1 aliphatic heterocycles. The summed E-state index contributed by atoms with van der Waals surface area (Å²) in [7, 11) is 0. The zero-order chi connectivity index (χ0) is 12.1. The molecule has 92 valence electrons. The van der Waals surface area contributed by atoms with E-state index >= 15 is 0 Å². The van der Waals surface area contributed by atoms with E-state index in [1.54, 1.807) is 4.90 Å². The predicted octanol–water partition coefficient (Wildman–Crippen LogP) is 1.75. The molecule has 1 aromatic carbocycles. The Morgan fingerprint density at radius 3 is 2.88 bits per heavy atom. The van der Waals surface area contributed by atoms with Crippen molar-refractivity contribution in [2.24, 2.45) is 5.73 Å². The van der Waals surface area contributed by atoms with E-state index in [9.17, 15) is 4.79 Å². The molecule has 0 aliphatic carbocycles. The highest BCUT2D eigenvalue weighted by Gasteiger charge is 2.26. The molecule has 0 bridgehead atoms. The topological polar surface area (TPSA) is 55.6 Å². The summed E-state index contributed by atoms with van der Waals surface area (Å²) < 4.78 is 5.63. The maximum atomic E-state index is 11.1. The van der Waals surface area contributed by atoms with Crippen molar-refractivity contribution in [1.29, 1.82) is 0 Å². The van der Waals surface area contributed by atoms with Crippen LogP contribution < -0.4 is 5.73 Å². The summed E-state index contributed by atoms with van der Waals surface area (Å²) in [6.07, 6.45) is 2.00. The molecule has 2 rings (SSSR count). The molecule has 0 radical (unpaired) electrons.